The first kappa shape index (κ1) is 30.4. The van der Waals surface area contributed by atoms with Crippen LogP contribution in [0.5, 0.6) is 0 Å². The Labute approximate surface area is 94.5 Å². The van der Waals surface area contributed by atoms with Crippen LogP contribution in [-0.4, -0.2) is 14.7 Å². The van der Waals surface area contributed by atoms with Crippen molar-refractivity contribution in [2.75, 3.05) is 0 Å². The maximum Gasteiger partial charge on any atom is 1.00 e. The Morgan fingerprint density at radius 1 is 1.22 bits per heavy atom. The van der Waals surface area contributed by atoms with Crippen LogP contribution in [0.25, 0.3) is 0 Å². The second-order valence-corrected chi connectivity index (χ2v) is 1.54. The minimum absolute atomic E-state index is 0. The van der Waals surface area contributed by atoms with Gasteiger partial charge in [-0.15, -0.1) is 0 Å². The molecule has 0 aliphatic carbocycles. The first-order chi connectivity index (χ1) is 2.00. The molecule has 0 aromatic rings. The van der Waals surface area contributed by atoms with Crippen LogP contribution in [0.1, 0.15) is 1.43 Å². The molecule has 9 heteroatoms. The van der Waals surface area contributed by atoms with Crippen molar-refractivity contribution in [2.45, 2.75) is 0 Å². The van der Waals surface area contributed by atoms with Crippen LogP contribution in [0.4, 0.5) is 0 Å². The first-order valence-electron chi connectivity index (χ1n) is 0.783. The molecule has 0 aliphatic rings. The first-order valence-corrected chi connectivity index (χ1v) is 2.35. The zero-order chi connectivity index (χ0) is 4.50. The van der Waals surface area contributed by atoms with Crippen molar-refractivity contribution < 1.29 is 73.7 Å². The van der Waals surface area contributed by atoms with Crippen LogP contribution >= 0.6 is 21.3 Å². The van der Waals surface area contributed by atoms with Gasteiger partial charge in [-0.25, -0.2) is 4.57 Å². The van der Waals surface area contributed by atoms with Crippen molar-refractivity contribution in [3.8, 4) is 0 Å². The molecule has 0 aromatic heterocycles. The molecule has 1 radical (unpaired) electrons. The van der Waals surface area contributed by atoms with E-state index in [9.17, 15) is 0 Å². The topological polar surface area (TPSA) is 77.8 Å². The van der Waals surface area contributed by atoms with E-state index in [1.54, 1.807) is 0 Å². The van der Waals surface area contributed by atoms with E-state index in [-0.39, 0.29) is 67.9 Å². The molecule has 0 aromatic carbocycles. The summed E-state index contributed by atoms with van der Waals surface area (Å²) in [6.45, 7) is 0. The molecular formula is H6FeLiMnO4PS. The molecule has 0 atom stereocenters. The monoisotopic (exact) mass is 251 g/mol. The van der Waals surface area contributed by atoms with Gasteiger partial charge < -0.3 is 16.1 Å². The molecule has 0 aliphatic heterocycles. The fraction of sp³-hybridized carbons (Fsp3) is 0. The molecule has 4 nitrogen and oxygen atoms in total. The van der Waals surface area contributed by atoms with Gasteiger partial charge in [0.05, 0.1) is 0 Å². The van der Waals surface area contributed by atoms with Crippen molar-refractivity contribution in [1.82, 2.24) is 0 Å². The molecule has 0 spiro atoms. The Morgan fingerprint density at radius 3 is 1.22 bits per heavy atom. The maximum absolute atomic E-state index is 8.88. The molecule has 0 amide bonds. The number of hydrogen-bond donors (Lipinski definition) is 3. The van der Waals surface area contributed by atoms with E-state index in [2.05, 4.69) is 0 Å². The van der Waals surface area contributed by atoms with Gasteiger partial charge in [0.1, 0.15) is 0 Å². The minimum Gasteiger partial charge on any atom is -1.00 e. The summed E-state index contributed by atoms with van der Waals surface area (Å²) in [6.07, 6.45) is 0. The third kappa shape index (κ3) is 151. The summed E-state index contributed by atoms with van der Waals surface area (Å²) in [6, 6.07) is 0. The predicted molar refractivity (Wildman–Crippen MR) is 25.8 cm³/mol. The SMILES string of the molecule is O=P(O)(O)O.S.[Fe].[H-].[Li+].[Mn]. The van der Waals surface area contributed by atoms with Gasteiger partial charge in [-0.3, -0.25) is 0 Å². The fourth-order valence-corrected chi connectivity index (χ4v) is 0. The van der Waals surface area contributed by atoms with Gasteiger partial charge in [0.25, 0.3) is 0 Å². The Bertz CT molecular complexity index is 71.4. The number of phosphoric acid groups is 1. The van der Waals surface area contributed by atoms with E-state index in [4.69, 9.17) is 19.2 Å². The second kappa shape index (κ2) is 12.7. The van der Waals surface area contributed by atoms with Crippen LogP contribution in [-0.2, 0) is 38.7 Å². The van der Waals surface area contributed by atoms with Crippen molar-refractivity contribution in [3.63, 3.8) is 0 Å². The van der Waals surface area contributed by atoms with E-state index in [0.29, 0.717) is 0 Å². The van der Waals surface area contributed by atoms with E-state index < -0.39 is 7.82 Å². The minimum atomic E-state index is -4.64. The van der Waals surface area contributed by atoms with Gasteiger partial charge in [-0.05, 0) is 0 Å². The van der Waals surface area contributed by atoms with Gasteiger partial charge in [-0.2, -0.15) is 13.5 Å². The van der Waals surface area contributed by atoms with Crippen molar-refractivity contribution in [2.24, 2.45) is 0 Å². The predicted octanol–water partition coefficient (Wildman–Crippen LogP) is -3.70. The molecule has 0 saturated heterocycles. The normalized spacial score (nSPS) is 6.56. The van der Waals surface area contributed by atoms with Gasteiger partial charge in [0.15, 0.2) is 0 Å². The van der Waals surface area contributed by atoms with Gasteiger partial charge in [0.2, 0.25) is 0 Å². The van der Waals surface area contributed by atoms with Crippen molar-refractivity contribution in [3.05, 3.63) is 0 Å². The third-order valence-corrected chi connectivity index (χ3v) is 0. The zero-order valence-electron chi connectivity index (χ0n) is 5.43. The molecule has 0 rings (SSSR count). The summed E-state index contributed by atoms with van der Waals surface area (Å²) in [7, 11) is -4.64. The Hall–Kier alpha value is 2.10. The standard InChI is InChI=1S/Fe.Li.Mn.H3O4P.H2S.H/c;;;1-5(2,3)4;;/h;;;(H3,1,2,3,4);1H2;/q;+1;;;;-1. The Balaban J connectivity index is -0.00000000800. The molecular weight excluding hydrogens is 245 g/mol. The molecule has 57 valence electrons. The third-order valence-electron chi connectivity index (χ3n) is 0. The number of rotatable bonds is 0. The average Bonchev–Trinajstić information content (AvgIpc) is 0.722. The van der Waals surface area contributed by atoms with Crippen LogP contribution in [0.2, 0.25) is 0 Å². The van der Waals surface area contributed by atoms with Crippen LogP contribution in [0.15, 0.2) is 0 Å². The summed E-state index contributed by atoms with van der Waals surface area (Å²) in [5.74, 6) is 0. The molecule has 0 heterocycles. The smallest absolute Gasteiger partial charge is 1.00 e. The van der Waals surface area contributed by atoms with Crippen LogP contribution in [0, 0.1) is 0 Å². The van der Waals surface area contributed by atoms with E-state index in [0.717, 1.165) is 0 Å². The maximum atomic E-state index is 8.88. The summed E-state index contributed by atoms with van der Waals surface area (Å²) < 4.78 is 8.88. The van der Waals surface area contributed by atoms with Crippen molar-refractivity contribution >= 4 is 21.3 Å². The molecule has 3 N–H and O–H groups in total. The molecule has 0 bridgehead atoms. The fourth-order valence-electron chi connectivity index (χ4n) is 0. The molecule has 0 saturated carbocycles. The summed E-state index contributed by atoms with van der Waals surface area (Å²) in [5.41, 5.74) is 0. The van der Waals surface area contributed by atoms with Gasteiger partial charge in [-0.1, -0.05) is 0 Å². The van der Waals surface area contributed by atoms with E-state index in [1.807, 2.05) is 0 Å². The van der Waals surface area contributed by atoms with Crippen LogP contribution < -0.4 is 18.9 Å². The van der Waals surface area contributed by atoms with Crippen LogP contribution in [0.3, 0.4) is 0 Å². The largest absolute Gasteiger partial charge is 1.00 e. The van der Waals surface area contributed by atoms with Gasteiger partial charge in [0, 0.05) is 34.1 Å². The van der Waals surface area contributed by atoms with Gasteiger partial charge >= 0.3 is 26.7 Å². The zero-order valence-corrected chi connectivity index (χ0v) is 8.61. The summed E-state index contributed by atoms with van der Waals surface area (Å²) in [4.78, 5) is 21.6. The summed E-state index contributed by atoms with van der Waals surface area (Å²) >= 11 is 0. The van der Waals surface area contributed by atoms with E-state index >= 15 is 0 Å². The quantitative estimate of drug-likeness (QED) is 0.306. The Morgan fingerprint density at radius 2 is 1.22 bits per heavy atom. The second-order valence-electron chi connectivity index (χ2n) is 0.513. The number of hydrogen-bond acceptors (Lipinski definition) is 1. The molecule has 0 fully saturated rings. The summed E-state index contributed by atoms with van der Waals surface area (Å²) in [5, 5.41) is 0. The van der Waals surface area contributed by atoms with E-state index in [1.165, 1.54) is 0 Å². The average molecular weight is 251 g/mol. The van der Waals surface area contributed by atoms with Crippen molar-refractivity contribution in [1.29, 1.82) is 0 Å². The molecule has 9 heavy (non-hydrogen) atoms. The Kier molecular flexibility index (Phi) is 43.1. The molecule has 0 unspecified atom stereocenters.